The zero-order valence-corrected chi connectivity index (χ0v) is 15.2. The maximum atomic E-state index is 3.23. The molecule has 2 aromatic rings. The lowest BCUT2D eigenvalue weighted by atomic mass is 9.97. The standard InChI is InChI=1S/C23H27N/c1-23(2,3)18-12-7-13-19-24(4)22(20-14-8-5-9-15-20)21-16-10-6-11-17-21/h5-11,13-17,22H,19H2,1-4H3/b13-7+. The summed E-state index contributed by atoms with van der Waals surface area (Å²) in [6, 6.07) is 21.5. The third kappa shape index (κ3) is 5.72. The Bertz CT molecular complexity index is 657. The first-order valence-corrected chi connectivity index (χ1v) is 8.45. The van der Waals surface area contributed by atoms with Crippen LogP contribution in [0.2, 0.25) is 0 Å². The van der Waals surface area contributed by atoms with E-state index in [4.69, 9.17) is 0 Å². The van der Waals surface area contributed by atoms with Crippen LogP contribution in [0.15, 0.2) is 72.8 Å². The SMILES string of the molecule is CN(C/C=C/C#CC(C)(C)C)C(c1ccccc1)c1ccccc1. The van der Waals surface area contributed by atoms with E-state index in [2.05, 4.69) is 111 Å². The molecule has 0 aromatic heterocycles. The Balaban J connectivity index is 2.15. The van der Waals surface area contributed by atoms with Crippen molar-refractivity contribution in [3.63, 3.8) is 0 Å². The minimum absolute atomic E-state index is 0.0485. The average Bonchev–Trinajstić information content (AvgIpc) is 2.56. The molecule has 0 amide bonds. The fourth-order valence-corrected chi connectivity index (χ4v) is 2.61. The van der Waals surface area contributed by atoms with Crippen LogP contribution in [0.5, 0.6) is 0 Å². The van der Waals surface area contributed by atoms with Crippen LogP contribution in [-0.2, 0) is 0 Å². The van der Waals surface area contributed by atoms with E-state index in [1.165, 1.54) is 11.1 Å². The number of rotatable bonds is 5. The maximum absolute atomic E-state index is 3.23. The molecule has 0 aliphatic carbocycles. The van der Waals surface area contributed by atoms with Crippen LogP contribution in [0.1, 0.15) is 37.9 Å². The molecular weight excluding hydrogens is 290 g/mol. The summed E-state index contributed by atoms with van der Waals surface area (Å²) in [5.41, 5.74) is 2.66. The van der Waals surface area contributed by atoms with Gasteiger partial charge in [-0.1, -0.05) is 78.6 Å². The van der Waals surface area contributed by atoms with Crippen molar-refractivity contribution in [1.82, 2.24) is 4.90 Å². The van der Waals surface area contributed by atoms with Crippen molar-refractivity contribution in [2.24, 2.45) is 5.41 Å². The van der Waals surface area contributed by atoms with Gasteiger partial charge < -0.3 is 0 Å². The van der Waals surface area contributed by atoms with Gasteiger partial charge in [-0.3, -0.25) is 4.90 Å². The molecule has 2 aromatic carbocycles. The largest absolute Gasteiger partial charge is 0.292 e. The second kappa shape index (κ2) is 8.52. The maximum Gasteiger partial charge on any atom is 0.0602 e. The number of benzene rings is 2. The van der Waals surface area contributed by atoms with Crippen LogP contribution in [0.3, 0.4) is 0 Å². The highest BCUT2D eigenvalue weighted by Gasteiger charge is 2.17. The minimum atomic E-state index is 0.0485. The molecule has 0 aliphatic heterocycles. The summed E-state index contributed by atoms with van der Waals surface area (Å²) in [5, 5.41) is 0. The van der Waals surface area contributed by atoms with Crippen LogP contribution >= 0.6 is 0 Å². The van der Waals surface area contributed by atoms with Crippen molar-refractivity contribution < 1.29 is 0 Å². The molecule has 0 atom stereocenters. The molecule has 2 rings (SSSR count). The van der Waals surface area contributed by atoms with Crippen molar-refractivity contribution in [2.45, 2.75) is 26.8 Å². The van der Waals surface area contributed by atoms with E-state index in [-0.39, 0.29) is 11.5 Å². The van der Waals surface area contributed by atoms with Gasteiger partial charge in [0.1, 0.15) is 0 Å². The topological polar surface area (TPSA) is 3.24 Å². The first-order chi connectivity index (χ1) is 11.5. The van der Waals surface area contributed by atoms with E-state index in [1.807, 2.05) is 6.08 Å². The number of allylic oxidation sites excluding steroid dienone is 1. The molecule has 0 bridgehead atoms. The fraction of sp³-hybridized carbons (Fsp3) is 0.304. The molecule has 0 fully saturated rings. The molecular formula is C23H27N. The molecule has 24 heavy (non-hydrogen) atoms. The monoisotopic (exact) mass is 317 g/mol. The molecule has 0 N–H and O–H groups in total. The van der Waals surface area contributed by atoms with Crippen LogP contribution in [0.25, 0.3) is 0 Å². The second-order valence-electron chi connectivity index (χ2n) is 7.09. The molecule has 0 saturated carbocycles. The molecule has 0 saturated heterocycles. The smallest absolute Gasteiger partial charge is 0.0602 e. The van der Waals surface area contributed by atoms with Gasteiger partial charge in [-0.2, -0.15) is 0 Å². The number of hydrogen-bond acceptors (Lipinski definition) is 1. The number of nitrogens with zero attached hydrogens (tertiary/aromatic N) is 1. The van der Waals surface area contributed by atoms with Crippen LogP contribution in [0.4, 0.5) is 0 Å². The first kappa shape index (κ1) is 18.0. The Morgan fingerprint density at radius 2 is 1.42 bits per heavy atom. The fourth-order valence-electron chi connectivity index (χ4n) is 2.61. The van der Waals surface area contributed by atoms with Gasteiger partial charge in [0.2, 0.25) is 0 Å². The van der Waals surface area contributed by atoms with Crippen molar-refractivity contribution in [2.75, 3.05) is 13.6 Å². The Morgan fingerprint density at radius 1 is 0.917 bits per heavy atom. The lowest BCUT2D eigenvalue weighted by Crippen LogP contribution is -2.25. The summed E-state index contributed by atoms with van der Waals surface area (Å²) in [6.45, 7) is 7.23. The summed E-state index contributed by atoms with van der Waals surface area (Å²) >= 11 is 0. The first-order valence-electron chi connectivity index (χ1n) is 8.45. The molecule has 1 heteroatoms. The Labute approximate surface area is 147 Å². The van der Waals surface area contributed by atoms with Crippen molar-refractivity contribution >= 4 is 0 Å². The summed E-state index contributed by atoms with van der Waals surface area (Å²) in [6.07, 6.45) is 4.10. The Morgan fingerprint density at radius 3 is 1.88 bits per heavy atom. The zero-order chi connectivity index (χ0) is 17.4. The van der Waals surface area contributed by atoms with Gasteiger partial charge in [-0.05, 0) is 45.0 Å². The summed E-state index contributed by atoms with van der Waals surface area (Å²) in [4.78, 5) is 2.35. The highest BCUT2D eigenvalue weighted by molar-refractivity contribution is 5.32. The van der Waals surface area contributed by atoms with Crippen LogP contribution < -0.4 is 0 Å². The predicted octanol–water partition coefficient (Wildman–Crippen LogP) is 5.31. The van der Waals surface area contributed by atoms with Gasteiger partial charge in [-0.15, -0.1) is 0 Å². The van der Waals surface area contributed by atoms with Gasteiger partial charge in [0.05, 0.1) is 6.04 Å². The molecule has 0 radical (unpaired) electrons. The van der Waals surface area contributed by atoms with Gasteiger partial charge in [0.15, 0.2) is 0 Å². The zero-order valence-electron chi connectivity index (χ0n) is 15.2. The lowest BCUT2D eigenvalue weighted by Gasteiger charge is -2.28. The van der Waals surface area contributed by atoms with Gasteiger partial charge >= 0.3 is 0 Å². The number of likely N-dealkylation sites (N-methyl/N-ethyl adjacent to an activating group) is 1. The molecule has 1 nitrogen and oxygen atoms in total. The highest BCUT2D eigenvalue weighted by Crippen LogP contribution is 2.27. The summed E-state index contributed by atoms with van der Waals surface area (Å²) < 4.78 is 0. The van der Waals surface area contributed by atoms with Crippen molar-refractivity contribution in [3.8, 4) is 11.8 Å². The predicted molar refractivity (Wildman–Crippen MR) is 104 cm³/mol. The molecule has 0 heterocycles. The van der Waals surface area contributed by atoms with Gasteiger partial charge in [0.25, 0.3) is 0 Å². The van der Waals surface area contributed by atoms with Crippen molar-refractivity contribution in [3.05, 3.63) is 83.9 Å². The van der Waals surface area contributed by atoms with E-state index in [0.717, 1.165) is 6.54 Å². The lowest BCUT2D eigenvalue weighted by molar-refractivity contribution is 0.309. The minimum Gasteiger partial charge on any atom is -0.292 e. The van der Waals surface area contributed by atoms with E-state index >= 15 is 0 Å². The van der Waals surface area contributed by atoms with E-state index in [1.54, 1.807) is 0 Å². The Kier molecular flexibility index (Phi) is 6.41. The second-order valence-corrected chi connectivity index (χ2v) is 7.09. The van der Waals surface area contributed by atoms with Gasteiger partial charge in [-0.25, -0.2) is 0 Å². The molecule has 0 unspecified atom stereocenters. The van der Waals surface area contributed by atoms with Gasteiger partial charge in [0, 0.05) is 12.0 Å². The number of hydrogen-bond donors (Lipinski definition) is 0. The summed E-state index contributed by atoms with van der Waals surface area (Å²) in [7, 11) is 2.16. The van der Waals surface area contributed by atoms with E-state index in [9.17, 15) is 0 Å². The van der Waals surface area contributed by atoms with Crippen molar-refractivity contribution in [1.29, 1.82) is 0 Å². The van der Waals surface area contributed by atoms with Crippen LogP contribution in [-0.4, -0.2) is 18.5 Å². The third-order valence-corrected chi connectivity index (χ3v) is 3.71. The third-order valence-electron chi connectivity index (χ3n) is 3.71. The van der Waals surface area contributed by atoms with E-state index in [0.29, 0.717) is 0 Å². The Hall–Kier alpha value is -2.30. The molecule has 124 valence electrons. The highest BCUT2D eigenvalue weighted by atomic mass is 15.1. The molecule has 0 aliphatic rings. The molecule has 0 spiro atoms. The quantitative estimate of drug-likeness (QED) is 0.675. The normalized spacial score (nSPS) is 11.8. The van der Waals surface area contributed by atoms with E-state index < -0.39 is 0 Å². The van der Waals surface area contributed by atoms with Crippen LogP contribution in [0, 0.1) is 17.3 Å². The summed E-state index contributed by atoms with van der Waals surface area (Å²) in [5.74, 6) is 6.37. The average molecular weight is 317 g/mol.